The van der Waals surface area contributed by atoms with Crippen LogP contribution in [0.5, 0.6) is 11.5 Å². The van der Waals surface area contributed by atoms with Crippen molar-refractivity contribution >= 4 is 10.9 Å². The number of pyridine rings is 1. The van der Waals surface area contributed by atoms with Gasteiger partial charge in [-0.2, -0.15) is 0 Å². The van der Waals surface area contributed by atoms with Gasteiger partial charge in [-0.25, -0.2) is 0 Å². The summed E-state index contributed by atoms with van der Waals surface area (Å²) in [6.07, 6.45) is 1.79. The Labute approximate surface area is 100 Å². The second kappa shape index (κ2) is 4.59. The molecular weight excluding hydrogens is 216 g/mol. The molecule has 1 aromatic carbocycles. The number of ether oxygens (including phenoxy) is 2. The molecule has 1 aromatic heterocycles. The monoisotopic (exact) mass is 232 g/mol. The fraction of sp³-hybridized carbons (Fsp3) is 0.308. The highest BCUT2D eigenvalue weighted by Crippen LogP contribution is 2.36. The first-order chi connectivity index (χ1) is 8.21. The molecule has 0 saturated carbocycles. The molecule has 0 amide bonds. The van der Waals surface area contributed by atoms with Gasteiger partial charge in [0.25, 0.3) is 0 Å². The minimum atomic E-state index is 0.483. The van der Waals surface area contributed by atoms with E-state index in [4.69, 9.17) is 15.2 Å². The molecule has 4 heteroatoms. The Kier molecular flexibility index (Phi) is 3.15. The zero-order chi connectivity index (χ0) is 12.4. The fourth-order valence-electron chi connectivity index (χ4n) is 1.95. The first-order valence-electron chi connectivity index (χ1n) is 5.41. The highest BCUT2D eigenvalue weighted by atomic mass is 16.5. The molecule has 0 aliphatic rings. The third kappa shape index (κ3) is 1.91. The van der Waals surface area contributed by atoms with Crippen molar-refractivity contribution in [1.82, 2.24) is 4.98 Å². The van der Waals surface area contributed by atoms with Crippen molar-refractivity contribution in [3.05, 3.63) is 29.5 Å². The van der Waals surface area contributed by atoms with Crippen LogP contribution in [0.2, 0.25) is 0 Å². The zero-order valence-electron chi connectivity index (χ0n) is 10.3. The first kappa shape index (κ1) is 11.7. The minimum absolute atomic E-state index is 0.483. The number of nitrogens with zero attached hydrogens (tertiary/aromatic N) is 1. The number of methoxy groups -OCH3 is 2. The van der Waals surface area contributed by atoms with E-state index in [9.17, 15) is 0 Å². The van der Waals surface area contributed by atoms with Crippen LogP contribution in [0.15, 0.2) is 18.3 Å². The molecule has 0 unspecified atom stereocenters. The lowest BCUT2D eigenvalue weighted by Gasteiger charge is -2.13. The number of aryl methyl sites for hydroxylation is 1. The fourth-order valence-corrected chi connectivity index (χ4v) is 1.95. The SMILES string of the molecule is COc1cc2ncc(CN)cc2c(C)c1OC. The number of aromatic nitrogens is 1. The Hall–Kier alpha value is -1.81. The van der Waals surface area contributed by atoms with Crippen molar-refractivity contribution in [1.29, 1.82) is 0 Å². The predicted octanol–water partition coefficient (Wildman–Crippen LogP) is 2.02. The van der Waals surface area contributed by atoms with Crippen LogP contribution in [-0.2, 0) is 6.54 Å². The number of fused-ring (bicyclic) bond motifs is 1. The third-order valence-corrected chi connectivity index (χ3v) is 2.87. The standard InChI is InChI=1S/C13H16N2O2/c1-8-10-4-9(6-14)7-15-11(10)5-12(16-2)13(8)17-3/h4-5,7H,6,14H2,1-3H3. The summed E-state index contributed by atoms with van der Waals surface area (Å²) < 4.78 is 10.7. The van der Waals surface area contributed by atoms with E-state index in [0.717, 1.165) is 27.8 Å². The predicted molar refractivity (Wildman–Crippen MR) is 67.5 cm³/mol. The molecule has 2 N–H and O–H groups in total. The summed E-state index contributed by atoms with van der Waals surface area (Å²) in [4.78, 5) is 4.38. The van der Waals surface area contributed by atoms with Gasteiger partial charge in [-0.3, -0.25) is 4.98 Å². The maximum atomic E-state index is 5.62. The molecule has 0 bridgehead atoms. The van der Waals surface area contributed by atoms with Crippen molar-refractivity contribution in [2.75, 3.05) is 14.2 Å². The maximum Gasteiger partial charge on any atom is 0.164 e. The number of hydrogen-bond donors (Lipinski definition) is 1. The molecule has 0 atom stereocenters. The van der Waals surface area contributed by atoms with E-state index in [1.54, 1.807) is 20.4 Å². The van der Waals surface area contributed by atoms with Gasteiger partial charge in [0, 0.05) is 29.8 Å². The van der Waals surface area contributed by atoms with Crippen LogP contribution in [0.1, 0.15) is 11.1 Å². The van der Waals surface area contributed by atoms with Gasteiger partial charge in [0.2, 0.25) is 0 Å². The number of hydrogen-bond acceptors (Lipinski definition) is 4. The van der Waals surface area contributed by atoms with Gasteiger partial charge in [0.1, 0.15) is 0 Å². The van der Waals surface area contributed by atoms with Gasteiger partial charge < -0.3 is 15.2 Å². The highest BCUT2D eigenvalue weighted by Gasteiger charge is 2.12. The van der Waals surface area contributed by atoms with Crippen LogP contribution in [0, 0.1) is 6.92 Å². The van der Waals surface area contributed by atoms with Crippen LogP contribution in [0.3, 0.4) is 0 Å². The summed E-state index contributed by atoms with van der Waals surface area (Å²) in [6, 6.07) is 3.92. The summed E-state index contributed by atoms with van der Waals surface area (Å²) >= 11 is 0. The molecule has 0 spiro atoms. The molecule has 4 nitrogen and oxygen atoms in total. The van der Waals surface area contributed by atoms with Crippen molar-refractivity contribution in [2.45, 2.75) is 13.5 Å². The third-order valence-electron chi connectivity index (χ3n) is 2.87. The number of rotatable bonds is 3. The van der Waals surface area contributed by atoms with E-state index in [1.165, 1.54) is 0 Å². The summed E-state index contributed by atoms with van der Waals surface area (Å²) in [6.45, 7) is 2.47. The lowest BCUT2D eigenvalue weighted by atomic mass is 10.1. The summed E-state index contributed by atoms with van der Waals surface area (Å²) in [7, 11) is 3.26. The van der Waals surface area contributed by atoms with Crippen molar-refractivity contribution in [2.24, 2.45) is 5.73 Å². The van der Waals surface area contributed by atoms with Crippen molar-refractivity contribution < 1.29 is 9.47 Å². The van der Waals surface area contributed by atoms with Gasteiger partial charge in [-0.1, -0.05) is 0 Å². The van der Waals surface area contributed by atoms with Crippen LogP contribution in [-0.4, -0.2) is 19.2 Å². The minimum Gasteiger partial charge on any atom is -0.493 e. The molecule has 2 aromatic rings. The maximum absolute atomic E-state index is 5.62. The average Bonchev–Trinajstić information content (AvgIpc) is 2.38. The van der Waals surface area contributed by atoms with E-state index in [0.29, 0.717) is 12.3 Å². The second-order valence-corrected chi connectivity index (χ2v) is 3.85. The molecule has 0 aliphatic carbocycles. The topological polar surface area (TPSA) is 57.4 Å². The molecule has 17 heavy (non-hydrogen) atoms. The molecule has 0 fully saturated rings. The largest absolute Gasteiger partial charge is 0.493 e. The first-order valence-corrected chi connectivity index (χ1v) is 5.41. The Balaban J connectivity index is 2.76. The number of nitrogens with two attached hydrogens (primary N) is 1. The Morgan fingerprint density at radius 1 is 1.24 bits per heavy atom. The number of benzene rings is 1. The van der Waals surface area contributed by atoms with E-state index in [2.05, 4.69) is 4.98 Å². The van der Waals surface area contributed by atoms with Crippen molar-refractivity contribution in [3.8, 4) is 11.5 Å². The quantitative estimate of drug-likeness (QED) is 0.879. The lowest BCUT2D eigenvalue weighted by molar-refractivity contribution is 0.354. The van der Waals surface area contributed by atoms with Crippen LogP contribution in [0.4, 0.5) is 0 Å². The lowest BCUT2D eigenvalue weighted by Crippen LogP contribution is -1.99. The molecular formula is C13H16N2O2. The van der Waals surface area contributed by atoms with Crippen LogP contribution in [0.25, 0.3) is 10.9 Å². The highest BCUT2D eigenvalue weighted by molar-refractivity contribution is 5.87. The van der Waals surface area contributed by atoms with E-state index in [1.807, 2.05) is 19.1 Å². The van der Waals surface area contributed by atoms with Gasteiger partial charge in [-0.05, 0) is 18.6 Å². The molecule has 0 aliphatic heterocycles. The Morgan fingerprint density at radius 2 is 2.00 bits per heavy atom. The van der Waals surface area contributed by atoms with Crippen LogP contribution >= 0.6 is 0 Å². The molecule has 1 heterocycles. The van der Waals surface area contributed by atoms with E-state index >= 15 is 0 Å². The van der Waals surface area contributed by atoms with Gasteiger partial charge in [0.05, 0.1) is 19.7 Å². The van der Waals surface area contributed by atoms with Gasteiger partial charge >= 0.3 is 0 Å². The Morgan fingerprint density at radius 3 is 2.59 bits per heavy atom. The zero-order valence-corrected chi connectivity index (χ0v) is 10.3. The van der Waals surface area contributed by atoms with Gasteiger partial charge in [0.15, 0.2) is 11.5 Å². The second-order valence-electron chi connectivity index (χ2n) is 3.85. The van der Waals surface area contributed by atoms with Crippen LogP contribution < -0.4 is 15.2 Å². The molecule has 0 radical (unpaired) electrons. The summed E-state index contributed by atoms with van der Waals surface area (Å²) in [5.41, 5.74) is 8.53. The van der Waals surface area contributed by atoms with E-state index < -0.39 is 0 Å². The smallest absolute Gasteiger partial charge is 0.164 e. The Bertz CT molecular complexity index is 553. The molecule has 0 saturated heterocycles. The average molecular weight is 232 g/mol. The van der Waals surface area contributed by atoms with E-state index in [-0.39, 0.29) is 0 Å². The van der Waals surface area contributed by atoms with Crippen molar-refractivity contribution in [3.63, 3.8) is 0 Å². The van der Waals surface area contributed by atoms with Gasteiger partial charge in [-0.15, -0.1) is 0 Å². The summed E-state index contributed by atoms with van der Waals surface area (Å²) in [5.74, 6) is 1.45. The summed E-state index contributed by atoms with van der Waals surface area (Å²) in [5, 5.41) is 1.05. The molecule has 2 rings (SSSR count). The normalized spacial score (nSPS) is 10.6. The molecule has 90 valence electrons.